The molecule has 0 aromatic heterocycles. The highest BCUT2D eigenvalue weighted by Crippen LogP contribution is 2.14. The molecule has 0 saturated heterocycles. The van der Waals surface area contributed by atoms with Gasteiger partial charge in [0.1, 0.15) is 6.61 Å². The molecule has 0 radical (unpaired) electrons. The van der Waals surface area contributed by atoms with E-state index in [4.69, 9.17) is 14.2 Å². The summed E-state index contributed by atoms with van der Waals surface area (Å²) in [5.41, 5.74) is 0. The Morgan fingerprint density at radius 1 is 0.338 bits per heavy atom. The monoisotopic (exact) mass is 943 g/mol. The zero-order valence-electron chi connectivity index (χ0n) is 44.6. The van der Waals surface area contributed by atoms with E-state index < -0.39 is 6.10 Å². The van der Waals surface area contributed by atoms with Gasteiger partial charge in [-0.1, -0.05) is 246 Å². The summed E-state index contributed by atoms with van der Waals surface area (Å²) in [7, 11) is 0. The summed E-state index contributed by atoms with van der Waals surface area (Å²) in [6.07, 6.45) is 79.7. The average molecular weight is 944 g/mol. The van der Waals surface area contributed by atoms with E-state index >= 15 is 0 Å². The minimum Gasteiger partial charge on any atom is -0.462 e. The fourth-order valence-corrected chi connectivity index (χ4v) is 7.59. The maximum absolute atomic E-state index is 12.8. The van der Waals surface area contributed by atoms with Crippen LogP contribution in [-0.2, 0) is 23.8 Å². The third-order valence-electron chi connectivity index (χ3n) is 11.8. The van der Waals surface area contributed by atoms with Crippen LogP contribution >= 0.6 is 0 Å². The maximum Gasteiger partial charge on any atom is 0.306 e. The lowest BCUT2D eigenvalue weighted by Crippen LogP contribution is -2.30. The van der Waals surface area contributed by atoms with Crippen LogP contribution in [0.25, 0.3) is 0 Å². The van der Waals surface area contributed by atoms with Crippen molar-refractivity contribution < 1.29 is 23.8 Å². The third-order valence-corrected chi connectivity index (χ3v) is 11.8. The van der Waals surface area contributed by atoms with Gasteiger partial charge in [-0.3, -0.25) is 9.59 Å². The van der Waals surface area contributed by atoms with E-state index in [0.717, 1.165) is 103 Å². The predicted molar refractivity (Wildman–Crippen MR) is 297 cm³/mol. The van der Waals surface area contributed by atoms with Gasteiger partial charge in [0.25, 0.3) is 0 Å². The van der Waals surface area contributed by atoms with E-state index in [0.29, 0.717) is 19.4 Å². The number of allylic oxidation sites excluding steroid dienone is 18. The van der Waals surface area contributed by atoms with E-state index in [-0.39, 0.29) is 25.2 Å². The topological polar surface area (TPSA) is 61.8 Å². The minimum absolute atomic E-state index is 0.0422. The van der Waals surface area contributed by atoms with E-state index in [1.54, 1.807) is 0 Å². The first-order valence-electron chi connectivity index (χ1n) is 28.4. The van der Waals surface area contributed by atoms with E-state index in [1.165, 1.54) is 116 Å². The standard InChI is InChI=1S/C63H106O5/c1-4-7-10-13-16-19-22-25-28-31-32-34-35-38-41-44-47-50-53-56-62(64)67-60-61(59-66-58-55-52-49-46-43-40-37-30-27-24-21-18-15-12-9-6-3)68-63(65)57-54-51-48-45-42-39-36-33-29-26-23-20-17-14-11-8-5-2/h8,11,16-17,19-20,25-26,28-29,32,34,36,38-39,41,45,48,61H,4-7,9-10,12-15,18,21-24,27,30-31,33,35,37,40,42-44,46-47,49-60H2,1-3H3/b11-8-,19-16-,20-17-,28-25-,29-26-,34-32-,39-36-,41-38-,48-45-/t61-/m1/s1. The fourth-order valence-electron chi connectivity index (χ4n) is 7.59. The van der Waals surface area contributed by atoms with Crippen LogP contribution in [0.4, 0.5) is 0 Å². The molecule has 0 aliphatic heterocycles. The lowest BCUT2D eigenvalue weighted by Gasteiger charge is -2.18. The van der Waals surface area contributed by atoms with Crippen molar-refractivity contribution in [3.8, 4) is 0 Å². The van der Waals surface area contributed by atoms with Gasteiger partial charge in [-0.25, -0.2) is 0 Å². The van der Waals surface area contributed by atoms with Crippen molar-refractivity contribution in [3.05, 3.63) is 109 Å². The average Bonchev–Trinajstić information content (AvgIpc) is 3.34. The van der Waals surface area contributed by atoms with Crippen molar-refractivity contribution in [2.24, 2.45) is 0 Å². The second-order valence-electron chi connectivity index (χ2n) is 18.5. The second-order valence-corrected chi connectivity index (χ2v) is 18.5. The molecule has 0 aromatic rings. The molecule has 0 aliphatic carbocycles. The van der Waals surface area contributed by atoms with Crippen LogP contribution in [0.5, 0.6) is 0 Å². The molecule has 5 heteroatoms. The first kappa shape index (κ1) is 64.6. The van der Waals surface area contributed by atoms with E-state index in [2.05, 4.69) is 130 Å². The molecule has 68 heavy (non-hydrogen) atoms. The van der Waals surface area contributed by atoms with Crippen molar-refractivity contribution in [2.75, 3.05) is 19.8 Å². The molecule has 1 atom stereocenters. The van der Waals surface area contributed by atoms with Crippen molar-refractivity contribution in [3.63, 3.8) is 0 Å². The van der Waals surface area contributed by atoms with Gasteiger partial charge in [-0.15, -0.1) is 0 Å². The Balaban J connectivity index is 4.43. The number of unbranched alkanes of at least 4 members (excludes halogenated alkanes) is 22. The van der Waals surface area contributed by atoms with E-state index in [9.17, 15) is 9.59 Å². The molecule has 0 unspecified atom stereocenters. The van der Waals surface area contributed by atoms with Gasteiger partial charge < -0.3 is 14.2 Å². The van der Waals surface area contributed by atoms with Crippen LogP contribution in [0.2, 0.25) is 0 Å². The molecule has 0 spiro atoms. The second kappa shape index (κ2) is 57.9. The molecule has 388 valence electrons. The van der Waals surface area contributed by atoms with Crippen LogP contribution in [0.15, 0.2) is 109 Å². The van der Waals surface area contributed by atoms with Gasteiger partial charge in [-0.2, -0.15) is 0 Å². The Morgan fingerprint density at radius 2 is 0.676 bits per heavy atom. The minimum atomic E-state index is -0.585. The van der Waals surface area contributed by atoms with Crippen LogP contribution < -0.4 is 0 Å². The van der Waals surface area contributed by atoms with Crippen LogP contribution in [0.3, 0.4) is 0 Å². The lowest BCUT2D eigenvalue weighted by molar-refractivity contribution is -0.162. The van der Waals surface area contributed by atoms with Gasteiger partial charge in [0.2, 0.25) is 0 Å². The first-order valence-corrected chi connectivity index (χ1v) is 28.4. The SMILES string of the molecule is CC/C=C\C/C=C\C/C=C\C/C=C\C/C=C\CCCC(=O)O[C@H](COCCCCCCCCCCCCCCCCCC)COC(=O)CCCCC/C=C\C/C=C\C/C=C\C/C=C\CCCCC. The summed E-state index contributed by atoms with van der Waals surface area (Å²) in [5.74, 6) is -0.499. The number of ether oxygens (including phenoxy) is 3. The van der Waals surface area contributed by atoms with Crippen molar-refractivity contribution in [2.45, 2.75) is 258 Å². The summed E-state index contributed by atoms with van der Waals surface area (Å²) >= 11 is 0. The Hall–Kier alpha value is -3.44. The lowest BCUT2D eigenvalue weighted by atomic mass is 10.0. The predicted octanol–water partition coefficient (Wildman–Crippen LogP) is 19.6. The number of hydrogen-bond donors (Lipinski definition) is 0. The molecule has 0 bridgehead atoms. The summed E-state index contributed by atoms with van der Waals surface area (Å²) in [6, 6.07) is 0. The molecule has 0 fully saturated rings. The number of esters is 2. The smallest absolute Gasteiger partial charge is 0.306 e. The van der Waals surface area contributed by atoms with Crippen molar-refractivity contribution in [1.29, 1.82) is 0 Å². The summed E-state index contributed by atoms with van der Waals surface area (Å²) < 4.78 is 17.4. The third kappa shape index (κ3) is 55.2. The fraction of sp³-hybridized carbons (Fsp3) is 0.683. The number of carbonyl (C=O) groups is 2. The van der Waals surface area contributed by atoms with Gasteiger partial charge in [0.05, 0.1) is 6.61 Å². The van der Waals surface area contributed by atoms with Crippen molar-refractivity contribution >= 4 is 11.9 Å². The highest BCUT2D eigenvalue weighted by atomic mass is 16.6. The number of rotatable bonds is 51. The highest BCUT2D eigenvalue weighted by Gasteiger charge is 2.17. The van der Waals surface area contributed by atoms with Gasteiger partial charge >= 0.3 is 11.9 Å². The largest absolute Gasteiger partial charge is 0.462 e. The first-order chi connectivity index (χ1) is 33.6. The Morgan fingerprint density at radius 3 is 1.12 bits per heavy atom. The summed E-state index contributed by atoms with van der Waals surface area (Å²) in [6.45, 7) is 7.61. The molecule has 0 N–H and O–H groups in total. The van der Waals surface area contributed by atoms with Gasteiger partial charge in [-0.05, 0) is 103 Å². The molecule has 0 rings (SSSR count). The number of carbonyl (C=O) groups excluding carboxylic acids is 2. The quantitative estimate of drug-likeness (QED) is 0.0345. The zero-order valence-corrected chi connectivity index (χ0v) is 44.6. The van der Waals surface area contributed by atoms with E-state index in [1.807, 2.05) is 0 Å². The summed E-state index contributed by atoms with van der Waals surface area (Å²) in [4.78, 5) is 25.5. The maximum atomic E-state index is 12.8. The Kier molecular flexibility index (Phi) is 54.9. The molecule has 0 saturated carbocycles. The van der Waals surface area contributed by atoms with Crippen LogP contribution in [0.1, 0.15) is 252 Å². The molecule has 0 aliphatic rings. The number of hydrogen-bond acceptors (Lipinski definition) is 5. The van der Waals surface area contributed by atoms with Gasteiger partial charge in [0, 0.05) is 19.4 Å². The summed E-state index contributed by atoms with van der Waals surface area (Å²) in [5, 5.41) is 0. The van der Waals surface area contributed by atoms with Gasteiger partial charge in [0.15, 0.2) is 6.10 Å². The molecule has 0 heterocycles. The Bertz CT molecular complexity index is 1340. The van der Waals surface area contributed by atoms with Crippen LogP contribution in [-0.4, -0.2) is 37.9 Å². The normalized spacial score (nSPS) is 13.0. The molecular weight excluding hydrogens is 837 g/mol. The highest BCUT2D eigenvalue weighted by molar-refractivity contribution is 5.70. The molecule has 5 nitrogen and oxygen atoms in total. The zero-order chi connectivity index (χ0) is 49.2. The molecular formula is C63H106O5. The van der Waals surface area contributed by atoms with Crippen LogP contribution in [0, 0.1) is 0 Å². The molecule has 0 aromatic carbocycles. The Labute approximate surface area is 421 Å². The van der Waals surface area contributed by atoms with Crippen molar-refractivity contribution in [1.82, 2.24) is 0 Å². The molecule has 0 amide bonds.